The Hall–Kier alpha value is -3.05. The van der Waals surface area contributed by atoms with Crippen LogP contribution in [0.15, 0.2) is 35.1 Å². The van der Waals surface area contributed by atoms with Gasteiger partial charge in [-0.2, -0.15) is 18.2 Å². The number of rotatable bonds is 6. The summed E-state index contributed by atoms with van der Waals surface area (Å²) in [7, 11) is 0. The molecule has 3 aromatic rings. The normalized spacial score (nSPS) is 11.2. The zero-order valence-electron chi connectivity index (χ0n) is 15.2. The number of unbranched alkanes of at least 4 members (excludes halogenated alkanes) is 1. The molecule has 0 bridgehead atoms. The van der Waals surface area contributed by atoms with Gasteiger partial charge in [0.15, 0.2) is 5.82 Å². The second-order valence-electron chi connectivity index (χ2n) is 6.05. The van der Waals surface area contributed by atoms with Crippen molar-refractivity contribution < 1.29 is 17.9 Å². The minimum Gasteiger partial charge on any atom is -0.493 e. The minimum absolute atomic E-state index is 0.0883. The zero-order valence-corrected chi connectivity index (χ0v) is 16.0. The Labute approximate surface area is 169 Å². The zero-order chi connectivity index (χ0) is 21.0. The predicted molar refractivity (Wildman–Crippen MR) is 102 cm³/mol. The third-order valence-corrected chi connectivity index (χ3v) is 4.23. The number of aromatic amines is 1. The summed E-state index contributed by atoms with van der Waals surface area (Å²) in [6.45, 7) is 2.47. The number of nitrogens with one attached hydrogen (secondary N) is 1. The van der Waals surface area contributed by atoms with Gasteiger partial charge in [0.1, 0.15) is 17.1 Å². The Morgan fingerprint density at radius 1 is 1.17 bits per heavy atom. The molecule has 0 radical (unpaired) electrons. The van der Waals surface area contributed by atoms with Crippen molar-refractivity contribution in [1.82, 2.24) is 15.0 Å². The molecule has 0 aliphatic carbocycles. The highest BCUT2D eigenvalue weighted by Crippen LogP contribution is 2.35. The number of hydrogen-bond donors (Lipinski definition) is 1. The van der Waals surface area contributed by atoms with E-state index in [4.69, 9.17) is 16.3 Å². The van der Waals surface area contributed by atoms with E-state index in [1.165, 1.54) is 0 Å². The fourth-order valence-electron chi connectivity index (χ4n) is 2.48. The van der Waals surface area contributed by atoms with Crippen molar-refractivity contribution in [2.24, 2.45) is 0 Å². The summed E-state index contributed by atoms with van der Waals surface area (Å²) in [5.41, 5.74) is -1.27. The van der Waals surface area contributed by atoms with Gasteiger partial charge in [-0.25, -0.2) is 9.78 Å². The van der Waals surface area contributed by atoms with Crippen molar-refractivity contribution in [1.29, 1.82) is 0 Å². The lowest BCUT2D eigenvalue weighted by Crippen LogP contribution is -2.15. The van der Waals surface area contributed by atoms with Crippen LogP contribution in [0.25, 0.3) is 22.8 Å². The molecule has 0 amide bonds. The lowest BCUT2D eigenvalue weighted by Gasteiger charge is -2.12. The molecule has 1 heterocycles. The van der Waals surface area contributed by atoms with Crippen LogP contribution < -0.4 is 10.4 Å². The van der Waals surface area contributed by atoms with Gasteiger partial charge in [0.2, 0.25) is 0 Å². The Balaban J connectivity index is 2.04. The summed E-state index contributed by atoms with van der Waals surface area (Å²) in [5, 5.41) is 0.294. The van der Waals surface area contributed by atoms with Crippen LogP contribution >= 0.6 is 11.6 Å². The van der Waals surface area contributed by atoms with Gasteiger partial charge < -0.3 is 4.74 Å². The van der Waals surface area contributed by atoms with Gasteiger partial charge in [0, 0.05) is 0 Å². The second-order valence-corrected chi connectivity index (χ2v) is 6.46. The van der Waals surface area contributed by atoms with Crippen molar-refractivity contribution in [2.45, 2.75) is 25.9 Å². The van der Waals surface area contributed by atoms with Crippen LogP contribution in [0.4, 0.5) is 13.2 Å². The first-order valence-electron chi connectivity index (χ1n) is 8.71. The highest BCUT2D eigenvalue weighted by Gasteiger charge is 2.30. The standard InChI is InChI=1S/C20H15ClF3N3O2/c1-2-3-11-29-15-6-4-5-14(21)16(15)18-25-17(26-19(28)27-18)12-7-9-13(10-8-12)20(22,23)24/h4-7,9H,2-3,11H2,1H3,(H,25,26,27,28). The topological polar surface area (TPSA) is 67.9 Å². The average Bonchev–Trinajstić information content (AvgIpc) is 2.67. The highest BCUT2D eigenvalue weighted by atomic mass is 35.5. The summed E-state index contributed by atoms with van der Waals surface area (Å²) in [5.74, 6) is 0.410. The summed E-state index contributed by atoms with van der Waals surface area (Å²) < 4.78 is 43.9. The van der Waals surface area contributed by atoms with E-state index in [-0.39, 0.29) is 17.2 Å². The molecule has 0 saturated carbocycles. The van der Waals surface area contributed by atoms with Crippen molar-refractivity contribution in [3.8, 4) is 28.5 Å². The Morgan fingerprint density at radius 2 is 1.97 bits per heavy atom. The van der Waals surface area contributed by atoms with Gasteiger partial charge in [-0.15, -0.1) is 0 Å². The van der Waals surface area contributed by atoms with Crippen molar-refractivity contribution in [3.05, 3.63) is 63.5 Å². The molecule has 150 valence electrons. The Kier molecular flexibility index (Phi) is 6.09. The molecule has 0 aliphatic heterocycles. The first kappa shape index (κ1) is 20.7. The second kappa shape index (κ2) is 8.53. The van der Waals surface area contributed by atoms with E-state index in [0.29, 0.717) is 22.9 Å². The van der Waals surface area contributed by atoms with E-state index >= 15 is 0 Å². The fourth-order valence-corrected chi connectivity index (χ4v) is 2.74. The minimum atomic E-state index is -4.54. The number of halogens is 4. The number of H-pyrrole nitrogens is 1. The molecule has 0 atom stereocenters. The maximum Gasteiger partial charge on any atom is 0.424 e. The Bertz CT molecular complexity index is 1050. The molecule has 0 saturated heterocycles. The fraction of sp³-hybridized carbons (Fsp3) is 0.250. The molecule has 0 aliphatic rings. The third kappa shape index (κ3) is 4.87. The van der Waals surface area contributed by atoms with Gasteiger partial charge in [-0.05, 0) is 30.7 Å². The van der Waals surface area contributed by atoms with Crippen LogP contribution in [0.1, 0.15) is 25.3 Å². The van der Waals surface area contributed by atoms with E-state index in [1.54, 1.807) is 18.2 Å². The van der Waals surface area contributed by atoms with Crippen molar-refractivity contribution in [3.63, 3.8) is 0 Å². The lowest BCUT2D eigenvalue weighted by molar-refractivity contribution is -0.137. The van der Waals surface area contributed by atoms with Crippen LogP contribution in [0, 0.1) is 12.1 Å². The van der Waals surface area contributed by atoms with Gasteiger partial charge in [-0.3, -0.25) is 4.98 Å². The molecular formula is C20H15ClF3N3O2. The van der Waals surface area contributed by atoms with Crippen LogP contribution in [0.5, 0.6) is 5.75 Å². The van der Waals surface area contributed by atoms with Crippen LogP contribution in [-0.2, 0) is 6.18 Å². The van der Waals surface area contributed by atoms with E-state index in [9.17, 15) is 18.0 Å². The molecule has 9 heteroatoms. The molecule has 1 aromatic heterocycles. The summed E-state index contributed by atoms with van der Waals surface area (Å²) >= 11 is 6.30. The van der Waals surface area contributed by atoms with E-state index in [0.717, 1.165) is 25.0 Å². The van der Waals surface area contributed by atoms with Crippen molar-refractivity contribution in [2.75, 3.05) is 6.61 Å². The molecule has 2 aromatic carbocycles. The van der Waals surface area contributed by atoms with E-state index in [2.05, 4.69) is 21.0 Å². The van der Waals surface area contributed by atoms with Crippen molar-refractivity contribution >= 4 is 11.6 Å². The molecule has 29 heavy (non-hydrogen) atoms. The predicted octanol–water partition coefficient (Wildman–Crippen LogP) is 4.95. The van der Waals surface area contributed by atoms with E-state index in [1.807, 2.05) is 13.0 Å². The number of aromatic nitrogens is 3. The van der Waals surface area contributed by atoms with E-state index < -0.39 is 17.4 Å². The van der Waals surface area contributed by atoms with Gasteiger partial charge in [0.25, 0.3) is 0 Å². The molecule has 0 fully saturated rings. The van der Waals surface area contributed by atoms with Crippen LogP contribution in [0.2, 0.25) is 5.02 Å². The molecule has 0 unspecified atom stereocenters. The smallest absolute Gasteiger partial charge is 0.424 e. The first-order valence-corrected chi connectivity index (χ1v) is 9.09. The highest BCUT2D eigenvalue weighted by molar-refractivity contribution is 6.33. The maximum atomic E-state index is 12.7. The number of benzene rings is 1. The quantitative estimate of drug-likeness (QED) is 0.572. The summed E-state index contributed by atoms with van der Waals surface area (Å²) in [6.07, 6.45) is -2.78. The van der Waals surface area contributed by atoms with Gasteiger partial charge in [0.05, 0.1) is 22.8 Å². The molecule has 3 rings (SSSR count). The first-order chi connectivity index (χ1) is 13.8. The Morgan fingerprint density at radius 3 is 2.62 bits per heavy atom. The molecular weight excluding hydrogens is 407 g/mol. The SMILES string of the molecule is CCCCOc1cccc(Cl)c1-c1nc(-c2c#cc(C(F)(F)F)cc2)nc(=O)[nH]1. The summed E-state index contributed by atoms with van der Waals surface area (Å²) in [6, 6.07) is 11.3. The third-order valence-electron chi connectivity index (χ3n) is 3.91. The van der Waals surface area contributed by atoms with Crippen LogP contribution in [-0.4, -0.2) is 21.6 Å². The summed E-state index contributed by atoms with van der Waals surface area (Å²) in [4.78, 5) is 22.5. The maximum absolute atomic E-state index is 12.7. The lowest BCUT2D eigenvalue weighted by atomic mass is 10.1. The number of ether oxygens (including phenoxy) is 1. The average molecular weight is 422 g/mol. The number of nitrogens with zero attached hydrogens (tertiary/aromatic N) is 2. The van der Waals surface area contributed by atoms with Gasteiger partial charge in [-0.1, -0.05) is 43.1 Å². The largest absolute Gasteiger partial charge is 0.493 e. The molecule has 0 spiro atoms. The molecule has 1 N–H and O–H groups in total. The van der Waals surface area contributed by atoms with Crippen LogP contribution in [0.3, 0.4) is 0 Å². The molecule has 5 nitrogen and oxygen atoms in total. The number of hydrogen-bond acceptors (Lipinski definition) is 4. The van der Waals surface area contributed by atoms with Gasteiger partial charge >= 0.3 is 11.9 Å². The number of alkyl halides is 3. The monoisotopic (exact) mass is 421 g/mol.